The third kappa shape index (κ3) is 5.69. The number of nitrogens with one attached hydrogen (secondary N) is 1. The highest BCUT2D eigenvalue weighted by molar-refractivity contribution is 6.02. The Hall–Kier alpha value is -3.83. The summed E-state index contributed by atoms with van der Waals surface area (Å²) in [5.74, 6) is -2.01. The van der Waals surface area contributed by atoms with Crippen LogP contribution in [0, 0.1) is 6.92 Å². The van der Waals surface area contributed by atoms with E-state index in [0.29, 0.717) is 17.8 Å². The highest BCUT2D eigenvalue weighted by Gasteiger charge is 2.38. The van der Waals surface area contributed by atoms with E-state index in [0.717, 1.165) is 9.58 Å². The third-order valence-electron chi connectivity index (χ3n) is 5.31. The standard InChI is InChI=1S/C24H21F6N3O3/c1-3-9-32(21(35)15-10-16(23(25,26)27)12-17(11-15)24(28,29)30)13-19(34)20-14(2)31-33(22(20)36)18-7-5-4-6-8-18/h4-8,10-12,31H,3,9,13H2,1-2H3. The number of alkyl halides is 6. The van der Waals surface area contributed by atoms with Crippen molar-refractivity contribution in [2.75, 3.05) is 13.1 Å². The number of halogens is 6. The van der Waals surface area contributed by atoms with Gasteiger partial charge in [-0.05, 0) is 43.7 Å². The second-order valence-corrected chi connectivity index (χ2v) is 8.03. The van der Waals surface area contributed by atoms with E-state index in [-0.39, 0.29) is 30.3 Å². The van der Waals surface area contributed by atoms with Gasteiger partial charge in [0.25, 0.3) is 11.5 Å². The average molecular weight is 513 g/mol. The number of para-hydroxylation sites is 1. The van der Waals surface area contributed by atoms with E-state index >= 15 is 0 Å². The number of ketones is 1. The van der Waals surface area contributed by atoms with Gasteiger partial charge >= 0.3 is 12.4 Å². The van der Waals surface area contributed by atoms with Gasteiger partial charge in [-0.15, -0.1) is 0 Å². The molecule has 1 amide bonds. The van der Waals surface area contributed by atoms with Crippen LogP contribution in [0.1, 0.15) is 50.9 Å². The summed E-state index contributed by atoms with van der Waals surface area (Å²) in [5.41, 5.74) is -4.50. The number of aromatic nitrogens is 2. The minimum Gasteiger partial charge on any atom is -0.331 e. The predicted molar refractivity (Wildman–Crippen MR) is 118 cm³/mol. The van der Waals surface area contributed by atoms with E-state index in [2.05, 4.69) is 5.10 Å². The first-order valence-electron chi connectivity index (χ1n) is 10.7. The molecule has 1 heterocycles. The number of carbonyl (C=O) groups excluding carboxylic acids is 2. The highest BCUT2D eigenvalue weighted by atomic mass is 19.4. The van der Waals surface area contributed by atoms with Crippen LogP contribution in [0.2, 0.25) is 0 Å². The second kappa shape index (κ2) is 10.0. The number of hydrogen-bond donors (Lipinski definition) is 1. The molecule has 3 rings (SSSR count). The fourth-order valence-electron chi connectivity index (χ4n) is 3.67. The second-order valence-electron chi connectivity index (χ2n) is 8.03. The molecule has 0 atom stereocenters. The number of H-pyrrole nitrogens is 1. The molecule has 0 fully saturated rings. The zero-order valence-electron chi connectivity index (χ0n) is 19.1. The molecule has 0 radical (unpaired) electrons. The number of Topliss-reactive ketones (excluding diaryl/α,β-unsaturated/α-hetero) is 1. The number of nitrogens with zero attached hydrogens (tertiary/aromatic N) is 2. The van der Waals surface area contributed by atoms with Gasteiger partial charge in [0.1, 0.15) is 5.56 Å². The number of aromatic amines is 1. The first kappa shape index (κ1) is 26.8. The highest BCUT2D eigenvalue weighted by Crippen LogP contribution is 2.36. The molecule has 2 aromatic carbocycles. The summed E-state index contributed by atoms with van der Waals surface area (Å²) in [7, 11) is 0. The Labute approximate surface area is 201 Å². The Balaban J connectivity index is 1.98. The SMILES string of the molecule is CCCN(CC(=O)c1c(C)[nH]n(-c2ccccc2)c1=O)C(=O)c1cc(C(F)(F)F)cc(C(F)(F)F)c1. The number of carbonyl (C=O) groups is 2. The molecular weight excluding hydrogens is 492 g/mol. The van der Waals surface area contributed by atoms with Crippen LogP contribution in [0.15, 0.2) is 53.3 Å². The minimum absolute atomic E-state index is 0.0820. The van der Waals surface area contributed by atoms with Crippen molar-refractivity contribution >= 4 is 11.7 Å². The average Bonchev–Trinajstić information content (AvgIpc) is 3.11. The Morgan fingerprint density at radius 2 is 1.50 bits per heavy atom. The van der Waals surface area contributed by atoms with E-state index < -0.39 is 52.8 Å². The maximum absolute atomic E-state index is 13.2. The minimum atomic E-state index is -5.13. The van der Waals surface area contributed by atoms with Crippen LogP contribution >= 0.6 is 0 Å². The maximum Gasteiger partial charge on any atom is 0.416 e. The number of benzene rings is 2. The molecule has 192 valence electrons. The zero-order chi connectivity index (χ0) is 26.8. The Morgan fingerprint density at radius 1 is 0.944 bits per heavy atom. The summed E-state index contributed by atoms with van der Waals surface area (Å²) < 4.78 is 80.5. The molecule has 36 heavy (non-hydrogen) atoms. The van der Waals surface area contributed by atoms with Crippen molar-refractivity contribution < 1.29 is 35.9 Å². The molecule has 1 aromatic heterocycles. The molecule has 12 heteroatoms. The molecule has 0 bridgehead atoms. The number of amides is 1. The van der Waals surface area contributed by atoms with E-state index in [1.54, 1.807) is 37.3 Å². The van der Waals surface area contributed by atoms with Crippen molar-refractivity contribution in [3.63, 3.8) is 0 Å². The van der Waals surface area contributed by atoms with Gasteiger partial charge in [0.05, 0.1) is 23.4 Å². The Morgan fingerprint density at radius 3 is 2.00 bits per heavy atom. The summed E-state index contributed by atoms with van der Waals surface area (Å²) in [6.45, 7) is 2.22. The molecule has 0 aliphatic heterocycles. The van der Waals surface area contributed by atoms with Crippen LogP contribution in [0.25, 0.3) is 5.69 Å². The lowest BCUT2D eigenvalue weighted by molar-refractivity contribution is -0.143. The molecular formula is C24H21F6N3O3. The van der Waals surface area contributed by atoms with Gasteiger partial charge in [0, 0.05) is 17.8 Å². The van der Waals surface area contributed by atoms with Gasteiger partial charge in [-0.3, -0.25) is 19.5 Å². The largest absolute Gasteiger partial charge is 0.416 e. The summed E-state index contributed by atoms with van der Waals surface area (Å²) in [6.07, 6.45) is -10.0. The monoisotopic (exact) mass is 513 g/mol. The van der Waals surface area contributed by atoms with Crippen molar-refractivity contribution in [1.82, 2.24) is 14.7 Å². The molecule has 0 saturated carbocycles. The summed E-state index contributed by atoms with van der Waals surface area (Å²) >= 11 is 0. The van der Waals surface area contributed by atoms with Gasteiger partial charge in [0.15, 0.2) is 5.78 Å². The van der Waals surface area contributed by atoms with E-state index in [1.807, 2.05) is 0 Å². The van der Waals surface area contributed by atoms with Gasteiger partial charge in [0.2, 0.25) is 0 Å². The van der Waals surface area contributed by atoms with Crippen molar-refractivity contribution in [2.24, 2.45) is 0 Å². The van der Waals surface area contributed by atoms with E-state index in [1.165, 1.54) is 6.92 Å². The van der Waals surface area contributed by atoms with Gasteiger partial charge in [-0.25, -0.2) is 4.68 Å². The van der Waals surface area contributed by atoms with Crippen LogP contribution in [-0.2, 0) is 12.4 Å². The summed E-state index contributed by atoms with van der Waals surface area (Å²) in [6, 6.07) is 8.85. The lowest BCUT2D eigenvalue weighted by atomic mass is 10.0. The molecule has 0 spiro atoms. The maximum atomic E-state index is 13.2. The van der Waals surface area contributed by atoms with Crippen LogP contribution in [0.3, 0.4) is 0 Å². The molecule has 0 aliphatic carbocycles. The number of rotatable bonds is 7. The van der Waals surface area contributed by atoms with Gasteiger partial charge < -0.3 is 4.90 Å². The first-order valence-corrected chi connectivity index (χ1v) is 10.7. The van der Waals surface area contributed by atoms with E-state index in [4.69, 9.17) is 0 Å². The third-order valence-corrected chi connectivity index (χ3v) is 5.31. The Kier molecular flexibility index (Phi) is 7.46. The van der Waals surface area contributed by atoms with Crippen LogP contribution < -0.4 is 5.56 Å². The van der Waals surface area contributed by atoms with Crippen LogP contribution in [-0.4, -0.2) is 39.5 Å². The fourth-order valence-corrected chi connectivity index (χ4v) is 3.67. The van der Waals surface area contributed by atoms with Crippen molar-refractivity contribution in [1.29, 1.82) is 0 Å². The lowest BCUT2D eigenvalue weighted by Gasteiger charge is -2.22. The molecule has 0 aliphatic rings. The topological polar surface area (TPSA) is 75.2 Å². The van der Waals surface area contributed by atoms with E-state index in [9.17, 15) is 40.7 Å². The van der Waals surface area contributed by atoms with Crippen molar-refractivity contribution in [2.45, 2.75) is 32.6 Å². The molecule has 0 saturated heterocycles. The molecule has 6 nitrogen and oxygen atoms in total. The number of aryl methyl sites for hydroxylation is 1. The molecule has 0 unspecified atom stereocenters. The zero-order valence-corrected chi connectivity index (χ0v) is 19.1. The Bertz CT molecular complexity index is 1290. The molecule has 1 N–H and O–H groups in total. The fraction of sp³-hybridized carbons (Fsp3) is 0.292. The quantitative estimate of drug-likeness (QED) is 0.347. The van der Waals surface area contributed by atoms with Crippen molar-refractivity contribution in [3.05, 3.63) is 86.8 Å². The summed E-state index contributed by atoms with van der Waals surface area (Å²) in [5, 5.41) is 2.75. The van der Waals surface area contributed by atoms with Crippen LogP contribution in [0.4, 0.5) is 26.3 Å². The molecule has 3 aromatic rings. The van der Waals surface area contributed by atoms with Crippen molar-refractivity contribution in [3.8, 4) is 5.69 Å². The van der Waals surface area contributed by atoms with Gasteiger partial charge in [-0.1, -0.05) is 25.1 Å². The van der Waals surface area contributed by atoms with Crippen LogP contribution in [0.5, 0.6) is 0 Å². The summed E-state index contributed by atoms with van der Waals surface area (Å²) in [4.78, 5) is 39.7. The first-order chi connectivity index (χ1) is 16.7. The number of hydrogen-bond acceptors (Lipinski definition) is 3. The normalized spacial score (nSPS) is 12.0. The smallest absolute Gasteiger partial charge is 0.331 e. The predicted octanol–water partition coefficient (Wildman–Crippen LogP) is 5.25. The lowest BCUT2D eigenvalue weighted by Crippen LogP contribution is -2.38. The van der Waals surface area contributed by atoms with Gasteiger partial charge in [-0.2, -0.15) is 26.3 Å².